The number of nitrogens with zero attached hydrogens (tertiary/aromatic N) is 3. The third kappa shape index (κ3) is 7.28. The molecule has 5 aliphatic heterocycles. The van der Waals surface area contributed by atoms with E-state index < -0.39 is 6.10 Å². The number of aromatic nitrogens is 2. The molecule has 2 N–H and O–H groups in total. The van der Waals surface area contributed by atoms with Crippen molar-refractivity contribution in [3.63, 3.8) is 0 Å². The number of ether oxygens (including phenoxy) is 3. The van der Waals surface area contributed by atoms with Crippen molar-refractivity contribution in [1.29, 1.82) is 0 Å². The normalized spacial score (nSPS) is 19.2. The second-order valence-corrected chi connectivity index (χ2v) is 11.1. The summed E-state index contributed by atoms with van der Waals surface area (Å²) in [7, 11) is 3.44. The number of nitrogens with one attached hydrogen (secondary N) is 2. The average Bonchev–Trinajstić information content (AvgIpc) is 3.50. The molecule has 2 aromatic carbocycles. The van der Waals surface area contributed by atoms with Crippen molar-refractivity contribution in [2.45, 2.75) is 58.2 Å². The fourth-order valence-corrected chi connectivity index (χ4v) is 5.58. The Balaban J connectivity index is 1.32. The summed E-state index contributed by atoms with van der Waals surface area (Å²) in [6, 6.07) is 12.5. The molecule has 3 amide bonds. The van der Waals surface area contributed by atoms with Crippen LogP contribution in [0.15, 0.2) is 42.5 Å². The van der Waals surface area contributed by atoms with E-state index in [9.17, 15) is 14.4 Å². The first-order valence-electron chi connectivity index (χ1n) is 14.6. The lowest BCUT2D eigenvalue weighted by Gasteiger charge is -2.21. The van der Waals surface area contributed by atoms with E-state index in [1.165, 1.54) is 7.11 Å². The third-order valence-electron chi connectivity index (χ3n) is 8.14. The van der Waals surface area contributed by atoms with Crippen molar-refractivity contribution in [3.05, 3.63) is 70.5 Å². The average molecular weight is 590 g/mol. The molecule has 0 aliphatic carbocycles. The van der Waals surface area contributed by atoms with E-state index in [4.69, 9.17) is 14.2 Å². The summed E-state index contributed by atoms with van der Waals surface area (Å²) in [5.74, 6) is 1.19. The molecule has 0 saturated carbocycles. The van der Waals surface area contributed by atoms with Gasteiger partial charge in [0.15, 0.2) is 18.1 Å². The SMILES string of the molecule is COc1cc2ccc1OCC(=O)NCc1ccc(cc1)O[C@H]1CN(C(=O)CCc3c(C)nn(C)c3C)C[C@@H]1NC(=O)CC2. The summed E-state index contributed by atoms with van der Waals surface area (Å²) in [5, 5.41) is 10.4. The molecule has 4 bridgehead atoms. The van der Waals surface area contributed by atoms with Gasteiger partial charge >= 0.3 is 0 Å². The molecule has 1 aromatic heterocycles. The zero-order valence-electron chi connectivity index (χ0n) is 25.1. The zero-order chi connectivity index (χ0) is 30.5. The van der Waals surface area contributed by atoms with Crippen LogP contribution in [0.1, 0.15) is 40.9 Å². The highest BCUT2D eigenvalue weighted by atomic mass is 16.5. The molecule has 3 aromatic rings. The molecule has 11 heteroatoms. The second kappa shape index (κ2) is 13.2. The van der Waals surface area contributed by atoms with Crippen LogP contribution in [-0.2, 0) is 40.8 Å². The molecule has 5 aliphatic rings. The number of aryl methyl sites for hydroxylation is 3. The van der Waals surface area contributed by atoms with Crippen LogP contribution in [0.2, 0.25) is 0 Å². The van der Waals surface area contributed by atoms with Crippen LogP contribution in [0.25, 0.3) is 0 Å². The summed E-state index contributed by atoms with van der Waals surface area (Å²) in [4.78, 5) is 40.6. The minimum atomic E-state index is -0.414. The van der Waals surface area contributed by atoms with Gasteiger partial charge in [-0.25, -0.2) is 0 Å². The lowest BCUT2D eigenvalue weighted by molar-refractivity contribution is -0.130. The van der Waals surface area contributed by atoms with E-state index in [1.54, 1.807) is 11.0 Å². The molecule has 1 fully saturated rings. The summed E-state index contributed by atoms with van der Waals surface area (Å²) in [6.07, 6.45) is 1.27. The van der Waals surface area contributed by atoms with Crippen molar-refractivity contribution in [2.75, 3.05) is 26.8 Å². The van der Waals surface area contributed by atoms with Gasteiger partial charge in [-0.15, -0.1) is 0 Å². The number of benzene rings is 2. The fourth-order valence-electron chi connectivity index (χ4n) is 5.58. The second-order valence-electron chi connectivity index (χ2n) is 11.1. The Morgan fingerprint density at radius 1 is 1.05 bits per heavy atom. The van der Waals surface area contributed by atoms with Crippen molar-refractivity contribution < 1.29 is 28.6 Å². The van der Waals surface area contributed by atoms with E-state index in [0.717, 1.165) is 28.1 Å². The Kier molecular flexibility index (Phi) is 9.18. The molecule has 43 heavy (non-hydrogen) atoms. The van der Waals surface area contributed by atoms with Crippen LogP contribution < -0.4 is 24.8 Å². The van der Waals surface area contributed by atoms with Gasteiger partial charge in [-0.05, 0) is 67.6 Å². The summed E-state index contributed by atoms with van der Waals surface area (Å²) in [6.45, 7) is 4.88. The first kappa shape index (κ1) is 29.9. The maximum atomic E-state index is 13.3. The van der Waals surface area contributed by atoms with E-state index in [-0.39, 0.29) is 36.8 Å². The van der Waals surface area contributed by atoms with E-state index in [0.29, 0.717) is 56.1 Å². The highest BCUT2D eigenvalue weighted by molar-refractivity contribution is 5.79. The van der Waals surface area contributed by atoms with Crippen molar-refractivity contribution in [2.24, 2.45) is 7.05 Å². The molecule has 0 spiro atoms. The van der Waals surface area contributed by atoms with Crippen LogP contribution >= 0.6 is 0 Å². The fraction of sp³-hybridized carbons (Fsp3) is 0.438. The number of amides is 3. The Morgan fingerprint density at radius 2 is 1.81 bits per heavy atom. The first-order chi connectivity index (χ1) is 20.7. The van der Waals surface area contributed by atoms with Crippen LogP contribution in [-0.4, -0.2) is 71.4 Å². The summed E-state index contributed by atoms with van der Waals surface area (Å²) < 4.78 is 19.3. The van der Waals surface area contributed by atoms with E-state index in [2.05, 4.69) is 15.7 Å². The van der Waals surface area contributed by atoms with Crippen LogP contribution in [0.5, 0.6) is 17.2 Å². The molecule has 0 radical (unpaired) electrons. The molecular weight excluding hydrogens is 550 g/mol. The number of carbonyl (C=O) groups is 3. The molecule has 228 valence electrons. The van der Waals surface area contributed by atoms with Crippen LogP contribution in [0, 0.1) is 13.8 Å². The van der Waals surface area contributed by atoms with Gasteiger partial charge in [0.05, 0.1) is 25.4 Å². The highest BCUT2D eigenvalue weighted by Crippen LogP contribution is 2.29. The number of hydrogen-bond acceptors (Lipinski definition) is 7. The highest BCUT2D eigenvalue weighted by Gasteiger charge is 2.37. The smallest absolute Gasteiger partial charge is 0.258 e. The van der Waals surface area contributed by atoms with Gasteiger partial charge in [0.2, 0.25) is 11.8 Å². The van der Waals surface area contributed by atoms with Crippen molar-refractivity contribution in [1.82, 2.24) is 25.3 Å². The van der Waals surface area contributed by atoms with Gasteiger partial charge in [0, 0.05) is 38.7 Å². The van der Waals surface area contributed by atoms with Gasteiger partial charge in [-0.2, -0.15) is 5.10 Å². The standard InChI is InChI=1S/C32H39N5O6/c1-20-25(21(2)36(3)35-20)11-14-32(40)37-17-26-29(18-37)43-24-9-5-23(6-10-24)16-33-31(39)19-42-27-12-7-22(15-28(27)41-4)8-13-30(38)34-26/h5-7,9-10,12,15,26,29H,8,11,13-14,16-19H2,1-4H3,(H,33,39)(H,34,38)/t26-,29-/m0/s1. The Bertz CT molecular complexity index is 1480. The molecule has 8 rings (SSSR count). The number of carbonyl (C=O) groups excluding carboxylic acids is 3. The predicted molar refractivity (Wildman–Crippen MR) is 159 cm³/mol. The molecule has 1 saturated heterocycles. The Labute approximate surface area is 251 Å². The minimum absolute atomic E-state index is 0.0130. The van der Waals surface area contributed by atoms with Crippen molar-refractivity contribution >= 4 is 17.7 Å². The molecule has 11 nitrogen and oxygen atoms in total. The molecule has 0 unspecified atom stereocenters. The van der Waals surface area contributed by atoms with E-state index >= 15 is 0 Å². The quantitative estimate of drug-likeness (QED) is 0.479. The largest absolute Gasteiger partial charge is 0.493 e. The molecule has 2 atom stereocenters. The molecule has 6 heterocycles. The predicted octanol–water partition coefficient (Wildman–Crippen LogP) is 2.39. The number of methoxy groups -OCH3 is 1. The number of rotatable bonds is 4. The lowest BCUT2D eigenvalue weighted by atomic mass is 10.1. The number of likely N-dealkylation sites (tertiary alicyclic amines) is 1. The topological polar surface area (TPSA) is 124 Å². The third-order valence-corrected chi connectivity index (χ3v) is 8.14. The summed E-state index contributed by atoms with van der Waals surface area (Å²) >= 11 is 0. The summed E-state index contributed by atoms with van der Waals surface area (Å²) in [5.41, 5.74) is 4.88. The monoisotopic (exact) mass is 589 g/mol. The van der Waals surface area contributed by atoms with Gasteiger partial charge in [-0.1, -0.05) is 18.2 Å². The minimum Gasteiger partial charge on any atom is -0.493 e. The van der Waals surface area contributed by atoms with Gasteiger partial charge in [-0.3, -0.25) is 19.1 Å². The Hall–Kier alpha value is -4.54. The maximum absolute atomic E-state index is 13.3. The lowest BCUT2D eigenvalue weighted by Crippen LogP contribution is -2.45. The van der Waals surface area contributed by atoms with Crippen molar-refractivity contribution in [3.8, 4) is 17.2 Å². The first-order valence-corrected chi connectivity index (χ1v) is 14.6. The molecular formula is C32H39N5O6. The maximum Gasteiger partial charge on any atom is 0.258 e. The van der Waals surface area contributed by atoms with Crippen LogP contribution in [0.3, 0.4) is 0 Å². The van der Waals surface area contributed by atoms with Gasteiger partial charge in [0.25, 0.3) is 5.91 Å². The van der Waals surface area contributed by atoms with E-state index in [1.807, 2.05) is 62.0 Å². The van der Waals surface area contributed by atoms with Gasteiger partial charge < -0.3 is 29.7 Å². The zero-order valence-corrected chi connectivity index (χ0v) is 25.1. The van der Waals surface area contributed by atoms with Gasteiger partial charge in [0.1, 0.15) is 11.9 Å². The Morgan fingerprint density at radius 3 is 2.53 bits per heavy atom. The number of hydrogen-bond donors (Lipinski definition) is 2. The van der Waals surface area contributed by atoms with Crippen LogP contribution in [0.4, 0.5) is 0 Å².